The quantitative estimate of drug-likeness (QED) is 0.409. The second-order valence-electron chi connectivity index (χ2n) is 7.83. The number of carbonyl (C=O) groups excluding carboxylic acids is 2. The summed E-state index contributed by atoms with van der Waals surface area (Å²) in [5, 5.41) is 2.99. The molecular weight excluding hydrogens is 537 g/mol. The third-order valence-corrected chi connectivity index (χ3v) is 7.29. The van der Waals surface area contributed by atoms with E-state index in [2.05, 4.69) is 5.32 Å². The molecule has 8 nitrogen and oxygen atoms in total. The van der Waals surface area contributed by atoms with Crippen LogP contribution >= 0.6 is 34.8 Å². The van der Waals surface area contributed by atoms with Crippen molar-refractivity contribution in [1.82, 2.24) is 10.2 Å². The van der Waals surface area contributed by atoms with Gasteiger partial charge in [-0.25, -0.2) is 8.42 Å². The lowest BCUT2D eigenvalue weighted by Crippen LogP contribution is -2.51. The molecule has 0 heterocycles. The zero-order valence-corrected chi connectivity index (χ0v) is 22.9. The van der Waals surface area contributed by atoms with E-state index >= 15 is 0 Å². The molecule has 0 fully saturated rings. The van der Waals surface area contributed by atoms with Crippen LogP contribution in [0, 0.1) is 0 Å². The average Bonchev–Trinajstić information content (AvgIpc) is 2.80. The van der Waals surface area contributed by atoms with Gasteiger partial charge in [-0.05, 0) is 43.2 Å². The summed E-state index contributed by atoms with van der Waals surface area (Å²) in [6, 6.07) is 8.74. The van der Waals surface area contributed by atoms with E-state index in [0.29, 0.717) is 17.9 Å². The number of nitrogens with one attached hydrogen (secondary N) is 1. The predicted octanol–water partition coefficient (Wildman–Crippen LogP) is 4.36. The fourth-order valence-electron chi connectivity index (χ4n) is 3.24. The molecule has 1 atom stereocenters. The van der Waals surface area contributed by atoms with Crippen LogP contribution in [0.15, 0.2) is 36.4 Å². The average molecular weight is 565 g/mol. The van der Waals surface area contributed by atoms with Gasteiger partial charge in [-0.1, -0.05) is 53.9 Å². The van der Waals surface area contributed by atoms with Gasteiger partial charge in [-0.3, -0.25) is 13.9 Å². The molecule has 2 amide bonds. The van der Waals surface area contributed by atoms with Crippen molar-refractivity contribution >= 4 is 62.3 Å². The highest BCUT2D eigenvalue weighted by Crippen LogP contribution is 2.35. The highest BCUT2D eigenvalue weighted by atomic mass is 35.5. The second-order valence-corrected chi connectivity index (χ2v) is 11.0. The van der Waals surface area contributed by atoms with Crippen molar-refractivity contribution in [2.45, 2.75) is 32.9 Å². The molecule has 0 aliphatic heterocycles. The van der Waals surface area contributed by atoms with Gasteiger partial charge in [0.25, 0.3) is 0 Å². The number of rotatable bonds is 11. The van der Waals surface area contributed by atoms with Gasteiger partial charge in [-0.15, -0.1) is 0 Å². The van der Waals surface area contributed by atoms with Gasteiger partial charge < -0.3 is 15.0 Å². The molecule has 0 bridgehead atoms. The zero-order chi connectivity index (χ0) is 26.3. The largest absolute Gasteiger partial charge is 0.497 e. The maximum absolute atomic E-state index is 13.5. The second kappa shape index (κ2) is 12.7. The summed E-state index contributed by atoms with van der Waals surface area (Å²) in [7, 11) is -2.44. The molecule has 35 heavy (non-hydrogen) atoms. The fourth-order valence-corrected chi connectivity index (χ4v) is 4.79. The number of anilines is 1. The number of benzene rings is 2. The van der Waals surface area contributed by atoms with Crippen LogP contribution in [0.4, 0.5) is 5.69 Å². The van der Waals surface area contributed by atoms with Crippen molar-refractivity contribution in [2.75, 3.05) is 30.8 Å². The highest BCUT2D eigenvalue weighted by molar-refractivity contribution is 7.92. The first kappa shape index (κ1) is 29.0. The van der Waals surface area contributed by atoms with Crippen LogP contribution in [0.3, 0.4) is 0 Å². The lowest BCUT2D eigenvalue weighted by Gasteiger charge is -2.31. The van der Waals surface area contributed by atoms with E-state index in [0.717, 1.165) is 17.0 Å². The monoisotopic (exact) mass is 563 g/mol. The van der Waals surface area contributed by atoms with Crippen LogP contribution in [-0.4, -0.2) is 57.6 Å². The van der Waals surface area contributed by atoms with Crippen LogP contribution in [0.5, 0.6) is 5.75 Å². The molecule has 0 spiro atoms. The van der Waals surface area contributed by atoms with Gasteiger partial charge >= 0.3 is 0 Å². The Morgan fingerprint density at radius 2 is 1.74 bits per heavy atom. The van der Waals surface area contributed by atoms with E-state index in [1.165, 1.54) is 24.1 Å². The standard InChI is InChI=1S/C23H28Cl3N3O5S/c1-5-9-27-23(31)15(2)28(13-16-7-6-8-17(10-16)34-3)22(30)14-29(35(4,32)33)21-12-19(25)18(24)11-20(21)26/h6-8,10-12,15H,5,9,13-14H2,1-4H3,(H,27,31)/t15-/m1/s1. The van der Waals surface area contributed by atoms with Crippen molar-refractivity contribution in [3.63, 3.8) is 0 Å². The van der Waals surface area contributed by atoms with Gasteiger partial charge in [0.15, 0.2) is 0 Å². The molecule has 1 N–H and O–H groups in total. The summed E-state index contributed by atoms with van der Waals surface area (Å²) < 4.78 is 31.4. The van der Waals surface area contributed by atoms with Crippen LogP contribution in [0.1, 0.15) is 25.8 Å². The molecule has 2 aromatic rings. The molecule has 2 rings (SSSR count). The minimum atomic E-state index is -3.96. The first-order valence-electron chi connectivity index (χ1n) is 10.7. The van der Waals surface area contributed by atoms with E-state index in [1.807, 2.05) is 6.92 Å². The van der Waals surface area contributed by atoms with Crippen molar-refractivity contribution in [3.05, 3.63) is 57.0 Å². The number of sulfonamides is 1. The Balaban J connectivity index is 2.45. The van der Waals surface area contributed by atoms with E-state index in [9.17, 15) is 18.0 Å². The van der Waals surface area contributed by atoms with E-state index in [4.69, 9.17) is 39.5 Å². The molecule has 12 heteroatoms. The number of hydrogen-bond acceptors (Lipinski definition) is 5. The minimum absolute atomic E-state index is 0.00124. The summed E-state index contributed by atoms with van der Waals surface area (Å²) >= 11 is 18.3. The molecule has 0 saturated heterocycles. The Morgan fingerprint density at radius 3 is 2.34 bits per heavy atom. The molecule has 0 aromatic heterocycles. The predicted molar refractivity (Wildman–Crippen MR) is 140 cm³/mol. The van der Waals surface area contributed by atoms with Crippen LogP contribution in [-0.2, 0) is 26.2 Å². The highest BCUT2D eigenvalue weighted by Gasteiger charge is 2.31. The molecule has 0 radical (unpaired) electrons. The Kier molecular flexibility index (Phi) is 10.5. The van der Waals surface area contributed by atoms with Crippen LogP contribution in [0.25, 0.3) is 0 Å². The molecule has 0 saturated carbocycles. The Bertz CT molecular complexity index is 1180. The lowest BCUT2D eigenvalue weighted by molar-refractivity contribution is -0.139. The van der Waals surface area contributed by atoms with Gasteiger partial charge in [0.1, 0.15) is 18.3 Å². The van der Waals surface area contributed by atoms with E-state index in [1.54, 1.807) is 31.2 Å². The first-order valence-corrected chi connectivity index (χ1v) is 13.7. The zero-order valence-electron chi connectivity index (χ0n) is 19.8. The summed E-state index contributed by atoms with van der Waals surface area (Å²) in [5.74, 6) is -0.389. The van der Waals surface area contributed by atoms with Crippen molar-refractivity contribution in [2.24, 2.45) is 0 Å². The van der Waals surface area contributed by atoms with Gasteiger partial charge in [0, 0.05) is 13.1 Å². The van der Waals surface area contributed by atoms with Crippen LogP contribution in [0.2, 0.25) is 15.1 Å². The summed E-state index contributed by atoms with van der Waals surface area (Å²) in [6.07, 6.45) is 1.67. The van der Waals surface area contributed by atoms with Gasteiger partial charge in [0.05, 0.1) is 34.1 Å². The van der Waals surface area contributed by atoms with E-state index < -0.39 is 28.5 Å². The number of nitrogens with zero attached hydrogens (tertiary/aromatic N) is 2. The smallest absolute Gasteiger partial charge is 0.244 e. The van der Waals surface area contributed by atoms with E-state index in [-0.39, 0.29) is 33.2 Å². The number of methoxy groups -OCH3 is 1. The van der Waals surface area contributed by atoms with Gasteiger partial charge in [0.2, 0.25) is 21.8 Å². The minimum Gasteiger partial charge on any atom is -0.497 e. The molecule has 192 valence electrons. The fraction of sp³-hybridized carbons (Fsp3) is 0.391. The number of ether oxygens (including phenoxy) is 1. The lowest BCUT2D eigenvalue weighted by atomic mass is 10.1. The third kappa shape index (κ3) is 7.90. The maximum Gasteiger partial charge on any atom is 0.244 e. The van der Waals surface area contributed by atoms with Crippen molar-refractivity contribution < 1.29 is 22.7 Å². The maximum atomic E-state index is 13.5. The van der Waals surface area contributed by atoms with Crippen molar-refractivity contribution in [3.8, 4) is 5.75 Å². The Labute approximate surface area is 221 Å². The van der Waals surface area contributed by atoms with Crippen LogP contribution < -0.4 is 14.4 Å². The number of hydrogen-bond donors (Lipinski definition) is 1. The van der Waals surface area contributed by atoms with Crippen molar-refractivity contribution in [1.29, 1.82) is 0 Å². The third-order valence-electron chi connectivity index (χ3n) is 5.14. The number of amides is 2. The summed E-state index contributed by atoms with van der Waals surface area (Å²) in [5.41, 5.74) is 0.702. The SMILES string of the molecule is CCCNC(=O)[C@@H](C)N(Cc1cccc(OC)c1)C(=O)CN(c1cc(Cl)c(Cl)cc1Cl)S(C)(=O)=O. The first-order chi connectivity index (χ1) is 16.4. The van der Waals surface area contributed by atoms with Gasteiger partial charge in [-0.2, -0.15) is 0 Å². The summed E-state index contributed by atoms with van der Waals surface area (Å²) in [6.45, 7) is 3.38. The topological polar surface area (TPSA) is 96.0 Å². The molecular formula is C23H28Cl3N3O5S. The molecule has 0 unspecified atom stereocenters. The molecule has 2 aromatic carbocycles. The molecule has 0 aliphatic carbocycles. The Hall–Kier alpha value is -2.20. The summed E-state index contributed by atoms with van der Waals surface area (Å²) in [4.78, 5) is 27.6. The Morgan fingerprint density at radius 1 is 1.09 bits per heavy atom. The molecule has 0 aliphatic rings. The number of carbonyl (C=O) groups is 2. The normalized spacial score (nSPS) is 12.1. The number of halogens is 3.